The standard InChI is InChI=1S/C30H30N2O7S/c1-36-22-12-8-20(9-13-22)30(19-6-4-3-5-7-19,21-10-14-23(37-2)15-11-21)38-18-24-26(34)27(35)28(39-24)32-17-16-25(33)31-29(32)40/h3-17,24,26-28,34-35H,18H2,1-2H3,(H,31,33,40)/t24-,26-,27+,28-/m1/s1. The number of nitrogens with one attached hydrogen (secondary N) is 1. The average molecular weight is 563 g/mol. The molecule has 10 heteroatoms. The van der Waals surface area contributed by atoms with Gasteiger partial charge in [0.2, 0.25) is 0 Å². The van der Waals surface area contributed by atoms with E-state index in [1.165, 1.54) is 16.8 Å². The van der Waals surface area contributed by atoms with Gasteiger partial charge in [-0.1, -0.05) is 54.6 Å². The third-order valence-corrected chi connectivity index (χ3v) is 7.41. The zero-order valence-electron chi connectivity index (χ0n) is 22.0. The molecule has 4 atom stereocenters. The predicted octanol–water partition coefficient (Wildman–Crippen LogP) is 3.55. The first-order valence-electron chi connectivity index (χ1n) is 12.7. The molecule has 1 aromatic heterocycles. The van der Waals surface area contributed by atoms with Crippen LogP contribution in [0.4, 0.5) is 0 Å². The maximum Gasteiger partial charge on any atom is 0.251 e. The SMILES string of the molecule is COc1ccc(C(OC[C@H]2O[C@@H](n3ccc(=O)[nH]c3=S)[C@@H](O)[C@@H]2O)(c2ccccc2)c2ccc(OC)cc2)cc1. The van der Waals surface area contributed by atoms with E-state index in [4.69, 9.17) is 31.2 Å². The number of aliphatic hydroxyl groups excluding tert-OH is 2. The maximum absolute atomic E-state index is 11.6. The minimum Gasteiger partial charge on any atom is -0.497 e. The van der Waals surface area contributed by atoms with Gasteiger partial charge in [0, 0.05) is 12.3 Å². The van der Waals surface area contributed by atoms with Crippen LogP contribution in [-0.2, 0) is 15.1 Å². The van der Waals surface area contributed by atoms with E-state index < -0.39 is 30.1 Å². The van der Waals surface area contributed by atoms with E-state index in [0.29, 0.717) is 11.5 Å². The fraction of sp³-hybridized carbons (Fsp3) is 0.267. The number of hydrogen-bond acceptors (Lipinski definition) is 8. The Morgan fingerprint density at radius 1 is 0.850 bits per heavy atom. The van der Waals surface area contributed by atoms with E-state index in [1.54, 1.807) is 14.2 Å². The number of methoxy groups -OCH3 is 2. The minimum absolute atomic E-state index is 0.0698. The van der Waals surface area contributed by atoms with Crippen molar-refractivity contribution in [2.75, 3.05) is 20.8 Å². The van der Waals surface area contributed by atoms with Gasteiger partial charge in [-0.2, -0.15) is 0 Å². The molecule has 0 unspecified atom stereocenters. The lowest BCUT2D eigenvalue weighted by Gasteiger charge is -2.37. The highest BCUT2D eigenvalue weighted by molar-refractivity contribution is 7.71. The van der Waals surface area contributed by atoms with Crippen LogP contribution < -0.4 is 15.0 Å². The van der Waals surface area contributed by atoms with Crippen LogP contribution in [0.25, 0.3) is 0 Å². The molecule has 1 aliphatic heterocycles. The van der Waals surface area contributed by atoms with E-state index in [1.807, 2.05) is 78.9 Å². The fourth-order valence-corrected chi connectivity index (χ4v) is 5.27. The molecule has 0 bridgehead atoms. The van der Waals surface area contributed by atoms with Crippen LogP contribution in [0.2, 0.25) is 0 Å². The van der Waals surface area contributed by atoms with Crippen molar-refractivity contribution in [1.29, 1.82) is 0 Å². The quantitative estimate of drug-likeness (QED) is 0.210. The van der Waals surface area contributed by atoms with Gasteiger partial charge in [-0.3, -0.25) is 14.3 Å². The highest BCUT2D eigenvalue weighted by Crippen LogP contribution is 2.42. The number of hydrogen-bond donors (Lipinski definition) is 3. The van der Waals surface area contributed by atoms with Crippen LogP contribution in [0.3, 0.4) is 0 Å². The summed E-state index contributed by atoms with van der Waals surface area (Å²) in [6.45, 7) is -0.0850. The maximum atomic E-state index is 11.6. The molecule has 0 saturated carbocycles. The van der Waals surface area contributed by atoms with Crippen molar-refractivity contribution in [3.63, 3.8) is 0 Å². The Bertz CT molecular complexity index is 1490. The van der Waals surface area contributed by atoms with Crippen LogP contribution in [0.15, 0.2) is 95.9 Å². The predicted molar refractivity (Wildman–Crippen MR) is 150 cm³/mol. The molecule has 0 amide bonds. The lowest BCUT2D eigenvalue weighted by atomic mass is 9.80. The van der Waals surface area contributed by atoms with Gasteiger partial charge in [-0.25, -0.2) is 0 Å². The van der Waals surface area contributed by atoms with Gasteiger partial charge in [0.05, 0.1) is 20.8 Å². The summed E-state index contributed by atoms with van der Waals surface area (Å²) in [5, 5.41) is 21.8. The summed E-state index contributed by atoms with van der Waals surface area (Å²) in [6, 6.07) is 26.2. The molecule has 1 saturated heterocycles. The smallest absolute Gasteiger partial charge is 0.251 e. The van der Waals surface area contributed by atoms with Crippen molar-refractivity contribution in [2.24, 2.45) is 0 Å². The molecule has 3 N–H and O–H groups in total. The Balaban J connectivity index is 1.56. The van der Waals surface area contributed by atoms with Crippen molar-refractivity contribution in [3.05, 3.63) is 123 Å². The summed E-state index contributed by atoms with van der Waals surface area (Å²) in [7, 11) is 3.21. The molecule has 208 valence electrons. The largest absolute Gasteiger partial charge is 0.497 e. The van der Waals surface area contributed by atoms with Crippen LogP contribution in [-0.4, -0.2) is 58.9 Å². The second kappa shape index (κ2) is 11.7. The van der Waals surface area contributed by atoms with Crippen molar-refractivity contribution >= 4 is 12.2 Å². The average Bonchev–Trinajstić information content (AvgIpc) is 3.27. The number of H-pyrrole nitrogens is 1. The molecule has 0 aliphatic carbocycles. The molecule has 0 spiro atoms. The summed E-state index contributed by atoms with van der Waals surface area (Å²) in [5.41, 5.74) is 0.980. The molecule has 1 fully saturated rings. The fourth-order valence-electron chi connectivity index (χ4n) is 5.01. The number of rotatable bonds is 9. The third-order valence-electron chi connectivity index (χ3n) is 7.10. The van der Waals surface area contributed by atoms with E-state index >= 15 is 0 Å². The van der Waals surface area contributed by atoms with E-state index in [0.717, 1.165) is 16.7 Å². The summed E-state index contributed by atoms with van der Waals surface area (Å²) in [5.74, 6) is 1.39. The van der Waals surface area contributed by atoms with Gasteiger partial charge in [0.15, 0.2) is 11.0 Å². The zero-order chi connectivity index (χ0) is 28.3. The van der Waals surface area contributed by atoms with Crippen LogP contribution in [0, 0.1) is 4.77 Å². The molecular formula is C30H30N2O7S. The molecule has 1 aliphatic rings. The Hall–Kier alpha value is -3.80. The number of aromatic amines is 1. The van der Waals surface area contributed by atoms with Gasteiger partial charge in [-0.15, -0.1) is 0 Å². The summed E-state index contributed by atoms with van der Waals surface area (Å²) in [4.78, 5) is 14.1. The van der Waals surface area contributed by atoms with Gasteiger partial charge in [0.1, 0.15) is 35.4 Å². The highest BCUT2D eigenvalue weighted by atomic mass is 32.1. The summed E-state index contributed by atoms with van der Waals surface area (Å²) >= 11 is 5.25. The second-order valence-corrected chi connectivity index (χ2v) is 9.77. The van der Waals surface area contributed by atoms with Crippen molar-refractivity contribution in [2.45, 2.75) is 30.1 Å². The zero-order valence-corrected chi connectivity index (χ0v) is 22.8. The van der Waals surface area contributed by atoms with Crippen molar-refractivity contribution in [1.82, 2.24) is 9.55 Å². The number of aromatic nitrogens is 2. The molecule has 0 radical (unpaired) electrons. The van der Waals surface area contributed by atoms with E-state index in [9.17, 15) is 15.0 Å². The molecule has 5 rings (SSSR count). The van der Waals surface area contributed by atoms with Crippen LogP contribution in [0.1, 0.15) is 22.9 Å². The first-order valence-corrected chi connectivity index (χ1v) is 13.1. The summed E-state index contributed by atoms with van der Waals surface area (Å²) < 4.78 is 25.1. The first kappa shape index (κ1) is 27.8. The highest BCUT2D eigenvalue weighted by Gasteiger charge is 2.46. The van der Waals surface area contributed by atoms with Crippen LogP contribution >= 0.6 is 12.2 Å². The Kier molecular flexibility index (Phi) is 8.15. The number of nitrogens with zero attached hydrogens (tertiary/aromatic N) is 1. The first-order chi connectivity index (χ1) is 19.4. The Labute approximate surface area is 236 Å². The van der Waals surface area contributed by atoms with E-state index in [-0.39, 0.29) is 16.9 Å². The van der Waals surface area contributed by atoms with Crippen molar-refractivity contribution in [3.8, 4) is 11.5 Å². The molecular weight excluding hydrogens is 532 g/mol. The number of benzene rings is 3. The minimum atomic E-state index is -1.31. The molecule has 4 aromatic rings. The Morgan fingerprint density at radius 2 is 1.40 bits per heavy atom. The topological polar surface area (TPSA) is 115 Å². The van der Waals surface area contributed by atoms with Crippen LogP contribution in [0.5, 0.6) is 11.5 Å². The monoisotopic (exact) mass is 562 g/mol. The lowest BCUT2D eigenvalue weighted by Crippen LogP contribution is -2.39. The number of ether oxygens (including phenoxy) is 4. The third kappa shape index (κ3) is 5.19. The number of aliphatic hydroxyl groups is 2. The second-order valence-electron chi connectivity index (χ2n) is 9.38. The van der Waals surface area contributed by atoms with Gasteiger partial charge in [0.25, 0.3) is 5.56 Å². The molecule has 2 heterocycles. The summed E-state index contributed by atoms with van der Waals surface area (Å²) in [6.07, 6.45) is -3.08. The molecule has 3 aromatic carbocycles. The normalized spacial score (nSPS) is 20.8. The van der Waals surface area contributed by atoms with Crippen molar-refractivity contribution < 1.29 is 29.2 Å². The molecule has 9 nitrogen and oxygen atoms in total. The lowest BCUT2D eigenvalue weighted by molar-refractivity contribution is -0.0955. The van der Waals surface area contributed by atoms with E-state index in [2.05, 4.69) is 4.98 Å². The van der Waals surface area contributed by atoms with Gasteiger partial charge >= 0.3 is 0 Å². The van der Waals surface area contributed by atoms with Gasteiger partial charge in [-0.05, 0) is 53.2 Å². The van der Waals surface area contributed by atoms with Gasteiger partial charge < -0.3 is 29.2 Å². The Morgan fingerprint density at radius 3 is 1.93 bits per heavy atom. The molecule has 40 heavy (non-hydrogen) atoms.